The number of hydrogen-bond acceptors (Lipinski definition) is 2. The third kappa shape index (κ3) is 2.58. The van der Waals surface area contributed by atoms with Gasteiger partial charge in [-0.25, -0.2) is 0 Å². The zero-order valence-electron chi connectivity index (χ0n) is 12.0. The van der Waals surface area contributed by atoms with Crippen LogP contribution in [-0.2, 0) is 16.1 Å². The van der Waals surface area contributed by atoms with Crippen molar-refractivity contribution in [1.29, 1.82) is 0 Å². The van der Waals surface area contributed by atoms with Gasteiger partial charge in [0.25, 0.3) is 0 Å². The number of allylic oxidation sites excluding steroid dienone is 2. The Morgan fingerprint density at radius 3 is 2.38 bits per heavy atom. The Labute approximate surface area is 123 Å². The third-order valence-corrected chi connectivity index (χ3v) is 4.63. The summed E-state index contributed by atoms with van der Waals surface area (Å²) >= 11 is 0. The van der Waals surface area contributed by atoms with Crippen LogP contribution in [0.5, 0.6) is 0 Å². The summed E-state index contributed by atoms with van der Waals surface area (Å²) in [6.07, 6.45) is 4.74. The predicted octanol–water partition coefficient (Wildman–Crippen LogP) is 2.13. The minimum absolute atomic E-state index is 0.0163. The number of rotatable bonds is 4. The van der Waals surface area contributed by atoms with Gasteiger partial charge >= 0.3 is 5.97 Å². The van der Waals surface area contributed by atoms with Gasteiger partial charge in [-0.15, -0.1) is 0 Å². The van der Waals surface area contributed by atoms with Crippen molar-refractivity contribution in [1.82, 2.24) is 5.32 Å². The smallest absolute Gasteiger partial charge is 0.307 e. The van der Waals surface area contributed by atoms with Gasteiger partial charge in [0.15, 0.2) is 0 Å². The van der Waals surface area contributed by atoms with E-state index >= 15 is 0 Å². The molecule has 0 saturated heterocycles. The van der Waals surface area contributed by atoms with Crippen LogP contribution < -0.4 is 5.32 Å². The molecule has 2 aliphatic carbocycles. The van der Waals surface area contributed by atoms with Crippen molar-refractivity contribution in [3.63, 3.8) is 0 Å². The second kappa shape index (κ2) is 5.35. The van der Waals surface area contributed by atoms with Gasteiger partial charge in [0, 0.05) is 6.54 Å². The molecule has 110 valence electrons. The lowest BCUT2D eigenvalue weighted by atomic mass is 9.82. The highest BCUT2D eigenvalue weighted by molar-refractivity contribution is 5.86. The van der Waals surface area contributed by atoms with Crippen molar-refractivity contribution in [3.8, 4) is 0 Å². The Kier molecular flexibility index (Phi) is 3.53. The fourth-order valence-electron chi connectivity index (χ4n) is 3.53. The molecule has 2 N–H and O–H groups in total. The Bertz CT molecular complexity index is 591. The number of nitrogens with one attached hydrogen (secondary N) is 1. The first kappa shape index (κ1) is 13.9. The summed E-state index contributed by atoms with van der Waals surface area (Å²) in [4.78, 5) is 23.8. The molecule has 21 heavy (non-hydrogen) atoms. The van der Waals surface area contributed by atoms with E-state index in [1.807, 2.05) is 43.3 Å². The Morgan fingerprint density at radius 2 is 1.76 bits per heavy atom. The van der Waals surface area contributed by atoms with Crippen LogP contribution in [0.15, 0.2) is 36.4 Å². The van der Waals surface area contributed by atoms with Crippen molar-refractivity contribution in [2.24, 2.45) is 23.7 Å². The van der Waals surface area contributed by atoms with E-state index in [0.29, 0.717) is 6.54 Å². The molecule has 0 unspecified atom stereocenters. The standard InChI is InChI=1S/C17H19NO3/c1-10-2-4-11(5-3-10)9-18-16(19)14-12-6-7-13(8-12)15(14)17(20)21/h2-7,12-15H,8-9H2,1H3,(H,18,19)(H,20,21)/t12-,13+,14+,15+/m1/s1. The molecule has 4 atom stereocenters. The molecule has 0 heterocycles. The predicted molar refractivity (Wildman–Crippen MR) is 78.4 cm³/mol. The number of aliphatic carboxylic acids is 1. The highest BCUT2D eigenvalue weighted by atomic mass is 16.4. The molecule has 1 saturated carbocycles. The molecular formula is C17H19NO3. The van der Waals surface area contributed by atoms with Crippen LogP contribution in [0.25, 0.3) is 0 Å². The van der Waals surface area contributed by atoms with Crippen molar-refractivity contribution >= 4 is 11.9 Å². The normalized spacial score (nSPS) is 29.6. The number of benzene rings is 1. The average Bonchev–Trinajstić information content (AvgIpc) is 3.06. The molecule has 1 amide bonds. The zero-order chi connectivity index (χ0) is 15.0. The van der Waals surface area contributed by atoms with E-state index in [0.717, 1.165) is 12.0 Å². The molecule has 4 heteroatoms. The van der Waals surface area contributed by atoms with E-state index in [1.54, 1.807) is 0 Å². The first-order chi connectivity index (χ1) is 10.1. The largest absolute Gasteiger partial charge is 0.481 e. The van der Waals surface area contributed by atoms with E-state index in [4.69, 9.17) is 0 Å². The van der Waals surface area contributed by atoms with Crippen LogP contribution >= 0.6 is 0 Å². The zero-order valence-corrected chi connectivity index (χ0v) is 12.0. The second-order valence-corrected chi connectivity index (χ2v) is 6.04. The number of hydrogen-bond donors (Lipinski definition) is 2. The van der Waals surface area contributed by atoms with Gasteiger partial charge in [0.2, 0.25) is 5.91 Å². The fraction of sp³-hybridized carbons (Fsp3) is 0.412. The number of fused-ring (bicyclic) bond motifs is 2. The van der Waals surface area contributed by atoms with Crippen LogP contribution in [0.4, 0.5) is 0 Å². The van der Waals surface area contributed by atoms with Crippen LogP contribution in [0.1, 0.15) is 17.5 Å². The number of carbonyl (C=O) groups excluding carboxylic acids is 1. The molecule has 2 bridgehead atoms. The molecule has 0 aliphatic heterocycles. The summed E-state index contributed by atoms with van der Waals surface area (Å²) in [5.41, 5.74) is 2.20. The van der Waals surface area contributed by atoms with Crippen molar-refractivity contribution < 1.29 is 14.7 Å². The molecule has 0 spiro atoms. The Balaban J connectivity index is 1.66. The summed E-state index contributed by atoms with van der Waals surface area (Å²) in [5.74, 6) is -1.90. The third-order valence-electron chi connectivity index (χ3n) is 4.63. The molecule has 1 aromatic rings. The summed E-state index contributed by atoms with van der Waals surface area (Å²) < 4.78 is 0. The van der Waals surface area contributed by atoms with E-state index in [9.17, 15) is 14.7 Å². The van der Waals surface area contributed by atoms with E-state index in [2.05, 4.69) is 5.32 Å². The summed E-state index contributed by atoms with van der Waals surface area (Å²) in [7, 11) is 0. The maximum Gasteiger partial charge on any atom is 0.307 e. The van der Waals surface area contributed by atoms with Gasteiger partial charge < -0.3 is 10.4 Å². The topological polar surface area (TPSA) is 66.4 Å². The summed E-state index contributed by atoms with van der Waals surface area (Å²) in [5, 5.41) is 12.3. The van der Waals surface area contributed by atoms with Gasteiger partial charge in [-0.2, -0.15) is 0 Å². The Morgan fingerprint density at radius 1 is 1.14 bits per heavy atom. The van der Waals surface area contributed by atoms with Crippen molar-refractivity contribution in [2.45, 2.75) is 19.9 Å². The Hall–Kier alpha value is -2.10. The summed E-state index contributed by atoms with van der Waals surface area (Å²) in [6, 6.07) is 7.96. The van der Waals surface area contributed by atoms with E-state index in [-0.39, 0.29) is 17.7 Å². The lowest BCUT2D eigenvalue weighted by molar-refractivity contribution is -0.147. The lowest BCUT2D eigenvalue weighted by Gasteiger charge is -2.23. The second-order valence-electron chi connectivity index (χ2n) is 6.04. The summed E-state index contributed by atoms with van der Waals surface area (Å²) in [6.45, 7) is 2.46. The monoisotopic (exact) mass is 285 g/mol. The molecule has 0 aromatic heterocycles. The van der Waals surface area contributed by atoms with Crippen molar-refractivity contribution in [3.05, 3.63) is 47.5 Å². The lowest BCUT2D eigenvalue weighted by Crippen LogP contribution is -2.39. The van der Waals surface area contributed by atoms with E-state index in [1.165, 1.54) is 5.56 Å². The van der Waals surface area contributed by atoms with E-state index < -0.39 is 17.8 Å². The van der Waals surface area contributed by atoms with Crippen LogP contribution in [0.2, 0.25) is 0 Å². The fourth-order valence-corrected chi connectivity index (χ4v) is 3.53. The van der Waals surface area contributed by atoms with Gasteiger partial charge in [0.05, 0.1) is 11.8 Å². The molecule has 1 aromatic carbocycles. The minimum Gasteiger partial charge on any atom is -0.481 e. The molecule has 2 aliphatic rings. The number of carbonyl (C=O) groups is 2. The van der Waals surface area contributed by atoms with Crippen LogP contribution in [-0.4, -0.2) is 17.0 Å². The number of aryl methyl sites for hydroxylation is 1. The number of carboxylic acids is 1. The van der Waals surface area contributed by atoms with Crippen LogP contribution in [0, 0.1) is 30.6 Å². The highest BCUT2D eigenvalue weighted by Gasteiger charge is 2.51. The molecule has 4 nitrogen and oxygen atoms in total. The SMILES string of the molecule is Cc1ccc(CNC(=O)[C@@H]2[C@@H](C(=O)O)[C@H]3C=C[C@@H]2C3)cc1. The van der Waals surface area contributed by atoms with Crippen LogP contribution in [0.3, 0.4) is 0 Å². The molecule has 3 rings (SSSR count). The molecule has 0 radical (unpaired) electrons. The van der Waals surface area contributed by atoms with Crippen molar-refractivity contribution in [2.75, 3.05) is 0 Å². The van der Waals surface area contributed by atoms with Gasteiger partial charge in [-0.05, 0) is 30.7 Å². The first-order valence-electron chi connectivity index (χ1n) is 7.30. The molecule has 1 fully saturated rings. The number of carboxylic acid groups (broad SMARTS) is 1. The van der Waals surface area contributed by atoms with Gasteiger partial charge in [-0.1, -0.05) is 42.0 Å². The molecular weight excluding hydrogens is 266 g/mol. The minimum atomic E-state index is -0.859. The maximum atomic E-state index is 12.4. The quantitative estimate of drug-likeness (QED) is 0.833. The average molecular weight is 285 g/mol. The van der Waals surface area contributed by atoms with Gasteiger partial charge in [-0.3, -0.25) is 9.59 Å². The first-order valence-corrected chi connectivity index (χ1v) is 7.30. The van der Waals surface area contributed by atoms with Gasteiger partial charge in [0.1, 0.15) is 0 Å². The highest BCUT2D eigenvalue weighted by Crippen LogP contribution is 2.48. The number of amides is 1. The maximum absolute atomic E-state index is 12.4.